The van der Waals surface area contributed by atoms with E-state index in [2.05, 4.69) is 4.98 Å². The fourth-order valence-electron chi connectivity index (χ4n) is 1.88. The van der Waals surface area contributed by atoms with Crippen molar-refractivity contribution in [3.63, 3.8) is 0 Å². The van der Waals surface area contributed by atoms with Crippen molar-refractivity contribution in [1.29, 1.82) is 0 Å². The number of carbonyl (C=O) groups excluding carboxylic acids is 1. The van der Waals surface area contributed by atoms with E-state index in [-0.39, 0.29) is 5.97 Å². The molecule has 0 aliphatic rings. The van der Waals surface area contributed by atoms with Crippen molar-refractivity contribution < 1.29 is 9.53 Å². The highest BCUT2D eigenvalue weighted by atomic mass is 16.6. The zero-order chi connectivity index (χ0) is 13.3. The summed E-state index contributed by atoms with van der Waals surface area (Å²) >= 11 is 0. The summed E-state index contributed by atoms with van der Waals surface area (Å²) in [5.74, 6) is -0.302. The number of rotatable bonds is 1. The standard InChI is InChI=1S/C15H17NO2/c1-10-8-9-16-12-7-5-6-11(13(10)12)14(17)18-15(2,3)4/h5-9H,1-4H3. The van der Waals surface area contributed by atoms with Gasteiger partial charge < -0.3 is 4.74 Å². The zero-order valence-corrected chi connectivity index (χ0v) is 11.2. The van der Waals surface area contributed by atoms with E-state index in [4.69, 9.17) is 4.74 Å². The monoisotopic (exact) mass is 243 g/mol. The fraction of sp³-hybridized carbons (Fsp3) is 0.333. The number of nitrogens with zero attached hydrogens (tertiary/aromatic N) is 1. The van der Waals surface area contributed by atoms with E-state index < -0.39 is 5.60 Å². The molecule has 0 aliphatic heterocycles. The van der Waals surface area contributed by atoms with Gasteiger partial charge in [-0.15, -0.1) is 0 Å². The quantitative estimate of drug-likeness (QED) is 0.719. The normalized spacial score (nSPS) is 11.6. The van der Waals surface area contributed by atoms with Crippen LogP contribution in [0.25, 0.3) is 10.9 Å². The molecule has 0 unspecified atom stereocenters. The number of esters is 1. The molecule has 1 heterocycles. The van der Waals surface area contributed by atoms with Crippen LogP contribution in [0.2, 0.25) is 0 Å². The Morgan fingerprint density at radius 1 is 1.22 bits per heavy atom. The molecule has 18 heavy (non-hydrogen) atoms. The molecule has 1 aromatic carbocycles. The third-order valence-electron chi connectivity index (χ3n) is 2.59. The highest BCUT2D eigenvalue weighted by molar-refractivity contribution is 6.04. The number of fused-ring (bicyclic) bond motifs is 1. The molecule has 0 N–H and O–H groups in total. The number of ether oxygens (including phenoxy) is 1. The molecule has 0 saturated heterocycles. The van der Waals surface area contributed by atoms with E-state index >= 15 is 0 Å². The minimum Gasteiger partial charge on any atom is -0.456 e. The summed E-state index contributed by atoms with van der Waals surface area (Å²) in [7, 11) is 0. The van der Waals surface area contributed by atoms with Gasteiger partial charge >= 0.3 is 5.97 Å². The molecular weight excluding hydrogens is 226 g/mol. The zero-order valence-electron chi connectivity index (χ0n) is 11.2. The summed E-state index contributed by atoms with van der Waals surface area (Å²) in [4.78, 5) is 16.5. The molecule has 3 nitrogen and oxygen atoms in total. The van der Waals surface area contributed by atoms with Crippen LogP contribution in [0.4, 0.5) is 0 Å². The van der Waals surface area contributed by atoms with Gasteiger partial charge in [0, 0.05) is 11.6 Å². The number of hydrogen-bond acceptors (Lipinski definition) is 3. The van der Waals surface area contributed by atoms with Crippen molar-refractivity contribution in [3.05, 3.63) is 41.6 Å². The second-order valence-electron chi connectivity index (χ2n) is 5.33. The Kier molecular flexibility index (Phi) is 3.07. The van der Waals surface area contributed by atoms with E-state index in [0.29, 0.717) is 5.56 Å². The number of carbonyl (C=O) groups is 1. The van der Waals surface area contributed by atoms with Crippen LogP contribution in [-0.2, 0) is 4.74 Å². The Morgan fingerprint density at radius 3 is 2.61 bits per heavy atom. The van der Waals surface area contributed by atoms with Gasteiger partial charge in [-0.25, -0.2) is 4.79 Å². The van der Waals surface area contributed by atoms with Gasteiger partial charge in [0.15, 0.2) is 0 Å². The molecule has 1 aromatic heterocycles. The first-order chi connectivity index (χ1) is 8.38. The van der Waals surface area contributed by atoms with Crippen molar-refractivity contribution in [3.8, 4) is 0 Å². The molecule has 2 rings (SSSR count). The van der Waals surface area contributed by atoms with Crippen LogP contribution in [0, 0.1) is 6.92 Å². The summed E-state index contributed by atoms with van der Waals surface area (Å²) in [5, 5.41) is 0.870. The molecule has 0 radical (unpaired) electrons. The highest BCUT2D eigenvalue weighted by Crippen LogP contribution is 2.23. The third kappa shape index (κ3) is 2.50. The molecule has 0 spiro atoms. The molecule has 2 aromatic rings. The molecule has 3 heteroatoms. The van der Waals surface area contributed by atoms with Crippen LogP contribution in [0.15, 0.2) is 30.5 Å². The van der Waals surface area contributed by atoms with Crippen LogP contribution in [0.5, 0.6) is 0 Å². The topological polar surface area (TPSA) is 39.2 Å². The Labute approximate surface area is 107 Å². The van der Waals surface area contributed by atoms with Crippen LogP contribution in [0.3, 0.4) is 0 Å². The number of pyridine rings is 1. The third-order valence-corrected chi connectivity index (χ3v) is 2.59. The number of hydrogen-bond donors (Lipinski definition) is 0. The van der Waals surface area contributed by atoms with Gasteiger partial charge in [0.1, 0.15) is 5.60 Å². The Morgan fingerprint density at radius 2 is 1.94 bits per heavy atom. The first kappa shape index (κ1) is 12.6. The Bertz CT molecular complexity index is 592. The Balaban J connectivity index is 2.55. The fourth-order valence-corrected chi connectivity index (χ4v) is 1.88. The maximum atomic E-state index is 12.2. The summed E-state index contributed by atoms with van der Waals surface area (Å²) in [5.41, 5.74) is 1.93. The van der Waals surface area contributed by atoms with Gasteiger partial charge in [-0.1, -0.05) is 6.07 Å². The molecule has 0 saturated carbocycles. The van der Waals surface area contributed by atoms with Gasteiger partial charge in [-0.05, 0) is 51.5 Å². The van der Waals surface area contributed by atoms with Gasteiger partial charge in [0.05, 0.1) is 11.1 Å². The number of aromatic nitrogens is 1. The molecular formula is C15H17NO2. The van der Waals surface area contributed by atoms with Crippen molar-refractivity contribution in [2.24, 2.45) is 0 Å². The molecule has 94 valence electrons. The lowest BCUT2D eigenvalue weighted by molar-refractivity contribution is 0.00718. The minimum absolute atomic E-state index is 0.302. The number of aryl methyl sites for hydroxylation is 1. The minimum atomic E-state index is -0.491. The predicted molar refractivity (Wildman–Crippen MR) is 71.6 cm³/mol. The van der Waals surface area contributed by atoms with E-state index in [1.54, 1.807) is 12.3 Å². The molecule has 0 bridgehead atoms. The van der Waals surface area contributed by atoms with Crippen molar-refractivity contribution in [1.82, 2.24) is 4.98 Å². The average molecular weight is 243 g/mol. The van der Waals surface area contributed by atoms with E-state index in [1.807, 2.05) is 45.9 Å². The van der Waals surface area contributed by atoms with Crippen LogP contribution in [-0.4, -0.2) is 16.6 Å². The molecule has 0 fully saturated rings. The molecule has 0 amide bonds. The first-order valence-corrected chi connectivity index (χ1v) is 5.96. The maximum absolute atomic E-state index is 12.2. The second kappa shape index (κ2) is 4.41. The molecule has 0 atom stereocenters. The van der Waals surface area contributed by atoms with Gasteiger partial charge in [-0.2, -0.15) is 0 Å². The van der Waals surface area contributed by atoms with Crippen molar-refractivity contribution in [2.45, 2.75) is 33.3 Å². The lowest BCUT2D eigenvalue weighted by Gasteiger charge is -2.20. The largest absolute Gasteiger partial charge is 0.456 e. The van der Waals surface area contributed by atoms with Crippen molar-refractivity contribution >= 4 is 16.9 Å². The predicted octanol–water partition coefficient (Wildman–Crippen LogP) is 3.50. The summed E-state index contributed by atoms with van der Waals surface area (Å²) in [6.07, 6.45) is 1.75. The smallest absolute Gasteiger partial charge is 0.339 e. The maximum Gasteiger partial charge on any atom is 0.339 e. The van der Waals surface area contributed by atoms with Crippen LogP contribution < -0.4 is 0 Å². The van der Waals surface area contributed by atoms with E-state index in [0.717, 1.165) is 16.5 Å². The van der Waals surface area contributed by atoms with E-state index in [9.17, 15) is 4.79 Å². The van der Waals surface area contributed by atoms with Gasteiger partial charge in [-0.3, -0.25) is 4.98 Å². The average Bonchev–Trinajstić information content (AvgIpc) is 2.26. The lowest BCUT2D eigenvalue weighted by atomic mass is 10.0. The summed E-state index contributed by atoms with van der Waals surface area (Å²) in [6, 6.07) is 7.41. The van der Waals surface area contributed by atoms with Crippen LogP contribution in [0.1, 0.15) is 36.7 Å². The SMILES string of the molecule is Cc1ccnc2cccc(C(=O)OC(C)(C)C)c12. The first-order valence-electron chi connectivity index (χ1n) is 5.96. The van der Waals surface area contributed by atoms with Gasteiger partial charge in [0.2, 0.25) is 0 Å². The van der Waals surface area contributed by atoms with Crippen molar-refractivity contribution in [2.75, 3.05) is 0 Å². The van der Waals surface area contributed by atoms with Crippen LogP contribution >= 0.6 is 0 Å². The highest BCUT2D eigenvalue weighted by Gasteiger charge is 2.20. The second-order valence-corrected chi connectivity index (χ2v) is 5.33. The van der Waals surface area contributed by atoms with Gasteiger partial charge in [0.25, 0.3) is 0 Å². The lowest BCUT2D eigenvalue weighted by Crippen LogP contribution is -2.24. The summed E-state index contributed by atoms with van der Waals surface area (Å²) < 4.78 is 5.42. The summed E-state index contributed by atoms with van der Waals surface area (Å²) in [6.45, 7) is 7.56. The van der Waals surface area contributed by atoms with E-state index in [1.165, 1.54) is 0 Å². The Hall–Kier alpha value is -1.90. The molecule has 0 aliphatic carbocycles. The number of benzene rings is 1.